The number of aromatic nitrogens is 3. The van der Waals surface area contributed by atoms with E-state index >= 15 is 0 Å². The van der Waals surface area contributed by atoms with Gasteiger partial charge in [-0.2, -0.15) is 0 Å². The fourth-order valence-electron chi connectivity index (χ4n) is 1.65. The van der Waals surface area contributed by atoms with Crippen molar-refractivity contribution in [3.8, 4) is 11.4 Å². The second-order valence-corrected chi connectivity index (χ2v) is 4.55. The third kappa shape index (κ3) is 2.56. The second kappa shape index (κ2) is 5.42. The monoisotopic (exact) mass is 294 g/mol. The molecule has 90 valence electrons. The molecule has 0 aliphatic rings. The average Bonchev–Trinajstić information content (AvgIpc) is 2.65. The molecule has 2 aromatic rings. The van der Waals surface area contributed by atoms with Crippen molar-refractivity contribution in [2.24, 2.45) is 7.05 Å². The minimum absolute atomic E-state index is 0.894. The van der Waals surface area contributed by atoms with Crippen molar-refractivity contribution in [2.75, 3.05) is 13.6 Å². The number of likely N-dealkylation sites (N-methyl/N-ethyl adjacent to an activating group) is 1. The van der Waals surface area contributed by atoms with Gasteiger partial charge in [-0.25, -0.2) is 4.98 Å². The standard InChI is InChI=1S/C12H15BrN4/c1-14-8-6-10-16-11(12(13)17(10)2)9-5-3-4-7-15-9/h3-5,7,14H,6,8H2,1-2H3. The summed E-state index contributed by atoms with van der Waals surface area (Å²) in [5, 5.41) is 3.13. The maximum absolute atomic E-state index is 4.63. The van der Waals surface area contributed by atoms with Crippen LogP contribution in [0.5, 0.6) is 0 Å². The minimum Gasteiger partial charge on any atom is -0.325 e. The SMILES string of the molecule is CNCCc1nc(-c2ccccn2)c(Br)n1C. The fraction of sp³-hybridized carbons (Fsp3) is 0.333. The number of hydrogen-bond acceptors (Lipinski definition) is 3. The van der Waals surface area contributed by atoms with Gasteiger partial charge in [0.05, 0.1) is 5.69 Å². The number of rotatable bonds is 4. The van der Waals surface area contributed by atoms with E-state index in [-0.39, 0.29) is 0 Å². The number of imidazole rings is 1. The molecular formula is C12H15BrN4. The van der Waals surface area contributed by atoms with Crippen molar-refractivity contribution in [1.82, 2.24) is 19.9 Å². The van der Waals surface area contributed by atoms with Gasteiger partial charge in [-0.05, 0) is 35.1 Å². The number of nitrogens with one attached hydrogen (secondary N) is 1. The van der Waals surface area contributed by atoms with Gasteiger partial charge in [-0.3, -0.25) is 4.98 Å². The summed E-state index contributed by atoms with van der Waals surface area (Å²) in [6.07, 6.45) is 2.68. The first-order valence-electron chi connectivity index (χ1n) is 5.51. The van der Waals surface area contributed by atoms with Crippen molar-refractivity contribution in [3.05, 3.63) is 34.8 Å². The highest BCUT2D eigenvalue weighted by Gasteiger charge is 2.14. The second-order valence-electron chi connectivity index (χ2n) is 3.79. The molecule has 0 aliphatic carbocycles. The molecule has 0 aliphatic heterocycles. The molecular weight excluding hydrogens is 280 g/mol. The van der Waals surface area contributed by atoms with E-state index in [9.17, 15) is 0 Å². The van der Waals surface area contributed by atoms with Gasteiger partial charge in [0, 0.05) is 26.2 Å². The predicted octanol–water partition coefficient (Wildman–Crippen LogP) is 2.01. The van der Waals surface area contributed by atoms with Crippen molar-refractivity contribution < 1.29 is 0 Å². The quantitative estimate of drug-likeness (QED) is 0.938. The van der Waals surface area contributed by atoms with Crippen molar-refractivity contribution in [2.45, 2.75) is 6.42 Å². The molecule has 0 fully saturated rings. The zero-order chi connectivity index (χ0) is 12.3. The molecule has 0 atom stereocenters. The lowest BCUT2D eigenvalue weighted by molar-refractivity contribution is 0.713. The summed E-state index contributed by atoms with van der Waals surface area (Å²) in [6.45, 7) is 0.916. The Balaban J connectivity index is 2.36. The van der Waals surface area contributed by atoms with E-state index in [1.165, 1.54) is 0 Å². The summed E-state index contributed by atoms with van der Waals surface area (Å²) < 4.78 is 3.03. The van der Waals surface area contributed by atoms with Gasteiger partial charge in [-0.15, -0.1) is 0 Å². The number of pyridine rings is 1. The molecule has 0 amide bonds. The zero-order valence-electron chi connectivity index (χ0n) is 9.94. The van der Waals surface area contributed by atoms with E-state index < -0.39 is 0 Å². The van der Waals surface area contributed by atoms with E-state index in [1.54, 1.807) is 6.20 Å². The van der Waals surface area contributed by atoms with E-state index in [1.807, 2.05) is 32.3 Å². The average molecular weight is 295 g/mol. The molecule has 0 aromatic carbocycles. The molecule has 1 N–H and O–H groups in total. The van der Waals surface area contributed by atoms with Crippen molar-refractivity contribution >= 4 is 15.9 Å². The molecule has 0 radical (unpaired) electrons. The first-order valence-corrected chi connectivity index (χ1v) is 6.30. The van der Waals surface area contributed by atoms with Gasteiger partial charge in [-0.1, -0.05) is 6.07 Å². The van der Waals surface area contributed by atoms with Gasteiger partial charge >= 0.3 is 0 Å². The highest BCUT2D eigenvalue weighted by molar-refractivity contribution is 9.10. The Bertz CT molecular complexity index is 493. The molecule has 0 unspecified atom stereocenters. The first kappa shape index (κ1) is 12.3. The van der Waals surface area contributed by atoms with Crippen LogP contribution < -0.4 is 5.32 Å². The van der Waals surface area contributed by atoms with Gasteiger partial charge in [0.1, 0.15) is 16.1 Å². The van der Waals surface area contributed by atoms with Crippen LogP contribution in [0.25, 0.3) is 11.4 Å². The molecule has 0 bridgehead atoms. The topological polar surface area (TPSA) is 42.7 Å². The van der Waals surface area contributed by atoms with Gasteiger partial charge in [0.15, 0.2) is 0 Å². The Morgan fingerprint density at radius 1 is 1.41 bits per heavy atom. The summed E-state index contributed by atoms with van der Waals surface area (Å²) in [5.41, 5.74) is 1.80. The Hall–Kier alpha value is -1.20. The third-order valence-corrected chi connectivity index (χ3v) is 3.53. The van der Waals surface area contributed by atoms with Crippen LogP contribution in [0.2, 0.25) is 0 Å². The predicted molar refractivity (Wildman–Crippen MR) is 71.8 cm³/mol. The molecule has 2 heterocycles. The Morgan fingerprint density at radius 2 is 2.24 bits per heavy atom. The first-order chi connectivity index (χ1) is 8.24. The van der Waals surface area contributed by atoms with E-state index in [0.29, 0.717) is 0 Å². The molecule has 17 heavy (non-hydrogen) atoms. The Kier molecular flexibility index (Phi) is 3.91. The fourth-order valence-corrected chi connectivity index (χ4v) is 2.15. The normalized spacial score (nSPS) is 10.8. The smallest absolute Gasteiger partial charge is 0.122 e. The molecule has 5 heteroatoms. The van der Waals surface area contributed by atoms with Crippen LogP contribution >= 0.6 is 15.9 Å². The Morgan fingerprint density at radius 3 is 2.88 bits per heavy atom. The lowest BCUT2D eigenvalue weighted by Crippen LogP contribution is -2.13. The lowest BCUT2D eigenvalue weighted by Gasteiger charge is -2.00. The van der Waals surface area contributed by atoms with Gasteiger partial charge in [0.2, 0.25) is 0 Å². The molecule has 4 nitrogen and oxygen atoms in total. The van der Waals surface area contributed by atoms with Crippen LogP contribution in [0.4, 0.5) is 0 Å². The Labute approximate surface area is 109 Å². The summed E-state index contributed by atoms with van der Waals surface area (Å²) in [4.78, 5) is 8.95. The highest BCUT2D eigenvalue weighted by atomic mass is 79.9. The molecule has 0 saturated carbocycles. The van der Waals surface area contributed by atoms with Crippen molar-refractivity contribution in [3.63, 3.8) is 0 Å². The van der Waals surface area contributed by atoms with Crippen LogP contribution in [-0.4, -0.2) is 28.1 Å². The number of halogens is 1. The van der Waals surface area contributed by atoms with Crippen LogP contribution in [0, 0.1) is 0 Å². The van der Waals surface area contributed by atoms with E-state index in [2.05, 4.69) is 35.8 Å². The largest absolute Gasteiger partial charge is 0.325 e. The van der Waals surface area contributed by atoms with Crippen LogP contribution in [0.15, 0.2) is 29.0 Å². The van der Waals surface area contributed by atoms with Gasteiger partial charge in [0.25, 0.3) is 0 Å². The number of nitrogens with zero attached hydrogens (tertiary/aromatic N) is 3. The summed E-state index contributed by atoms with van der Waals surface area (Å²) in [7, 11) is 3.95. The maximum Gasteiger partial charge on any atom is 0.122 e. The zero-order valence-corrected chi connectivity index (χ0v) is 11.5. The summed E-state index contributed by atoms with van der Waals surface area (Å²) >= 11 is 3.57. The lowest BCUT2D eigenvalue weighted by atomic mass is 10.3. The molecule has 0 spiro atoms. The van der Waals surface area contributed by atoms with E-state index in [4.69, 9.17) is 0 Å². The van der Waals surface area contributed by atoms with Crippen LogP contribution in [0.1, 0.15) is 5.82 Å². The maximum atomic E-state index is 4.63. The third-order valence-electron chi connectivity index (χ3n) is 2.62. The van der Waals surface area contributed by atoms with Crippen LogP contribution in [0.3, 0.4) is 0 Å². The molecule has 2 rings (SSSR count). The van der Waals surface area contributed by atoms with Crippen molar-refractivity contribution in [1.29, 1.82) is 0 Å². The summed E-state index contributed by atoms with van der Waals surface area (Å²) in [6, 6.07) is 5.84. The van der Waals surface area contributed by atoms with E-state index in [0.717, 1.165) is 34.8 Å². The summed E-state index contributed by atoms with van der Waals surface area (Å²) in [5.74, 6) is 1.05. The highest BCUT2D eigenvalue weighted by Crippen LogP contribution is 2.26. The molecule has 0 saturated heterocycles. The van der Waals surface area contributed by atoms with Crippen LogP contribution in [-0.2, 0) is 13.5 Å². The number of hydrogen-bond donors (Lipinski definition) is 1. The minimum atomic E-state index is 0.894. The molecule has 2 aromatic heterocycles. The van der Waals surface area contributed by atoms with Gasteiger partial charge < -0.3 is 9.88 Å².